The zero-order chi connectivity index (χ0) is 24.8. The van der Waals surface area contributed by atoms with Crippen molar-refractivity contribution in [1.29, 1.82) is 0 Å². The fourth-order valence-electron chi connectivity index (χ4n) is 2.56. The van der Waals surface area contributed by atoms with E-state index in [4.69, 9.17) is 44.3 Å². The molecule has 33 heavy (non-hydrogen) atoms. The van der Waals surface area contributed by atoms with Crippen molar-refractivity contribution in [3.8, 4) is 11.5 Å². The maximum atomic E-state index is 13.0. The minimum atomic E-state index is -3.99. The molecule has 2 aromatic carbocycles. The smallest absolute Gasteiger partial charge is 0.206 e. The lowest BCUT2D eigenvalue weighted by Gasteiger charge is -2.15. The molecule has 2 N–H and O–H groups in total. The van der Waals surface area contributed by atoms with E-state index in [1.807, 2.05) is 0 Å². The number of alkyl halides is 1. The molecule has 0 heterocycles. The Morgan fingerprint density at radius 2 is 1.42 bits per heavy atom. The molecule has 0 saturated heterocycles. The van der Waals surface area contributed by atoms with Gasteiger partial charge in [-0.3, -0.25) is 0 Å². The molecule has 0 fully saturated rings. The van der Waals surface area contributed by atoms with Crippen LogP contribution < -0.4 is 9.47 Å². The maximum Gasteiger partial charge on any atom is 0.206 e. The van der Waals surface area contributed by atoms with Gasteiger partial charge in [-0.2, -0.15) is 0 Å². The van der Waals surface area contributed by atoms with E-state index < -0.39 is 44.2 Å². The summed E-state index contributed by atoms with van der Waals surface area (Å²) in [5.74, 6) is -0.339. The second-order valence-electron chi connectivity index (χ2n) is 6.97. The van der Waals surface area contributed by atoms with Crippen LogP contribution in [0.3, 0.4) is 0 Å². The number of halogens is 3. The van der Waals surface area contributed by atoms with Gasteiger partial charge in [0.1, 0.15) is 31.2 Å². The monoisotopic (exact) mass is 560 g/mol. The second kappa shape index (κ2) is 11.9. The van der Waals surface area contributed by atoms with Crippen LogP contribution in [0.5, 0.6) is 11.5 Å². The van der Waals surface area contributed by atoms with Crippen LogP contribution in [0.2, 0.25) is 10.0 Å². The molecule has 2 atom stereocenters. The van der Waals surface area contributed by atoms with Gasteiger partial charge in [-0.25, -0.2) is 16.8 Å². The van der Waals surface area contributed by atoms with E-state index >= 15 is 0 Å². The van der Waals surface area contributed by atoms with Crippen LogP contribution in [0, 0.1) is 0 Å². The van der Waals surface area contributed by atoms with Crippen molar-refractivity contribution in [1.82, 2.24) is 0 Å². The third kappa shape index (κ3) is 7.88. The number of aliphatic hydroxyl groups excluding tert-OH is 2. The van der Waals surface area contributed by atoms with Crippen LogP contribution in [0.15, 0.2) is 46.2 Å². The third-order valence-electron chi connectivity index (χ3n) is 4.34. The van der Waals surface area contributed by atoms with Gasteiger partial charge in [0.15, 0.2) is 15.6 Å². The standard InChI is InChI=1S/C20H23Cl3O8S2/c1-2-32(26,27)12-14(25)11-31-20-18(22)7-17(8-19(20)23)33(28,29)16-5-3-15(4-6-16)30-10-13(24)9-21/h3-8,13-14,24-25H,2,9-12H2,1H3/t13-,14+/m0/s1. The first-order valence-corrected chi connectivity index (χ1v) is 14.2. The van der Waals surface area contributed by atoms with Gasteiger partial charge in [0.05, 0.1) is 31.5 Å². The summed E-state index contributed by atoms with van der Waals surface area (Å²) in [5, 5.41) is 19.1. The summed E-state index contributed by atoms with van der Waals surface area (Å²) in [4.78, 5) is -0.237. The van der Waals surface area contributed by atoms with E-state index in [2.05, 4.69) is 0 Å². The van der Waals surface area contributed by atoms with E-state index in [0.717, 1.165) is 12.1 Å². The van der Waals surface area contributed by atoms with Gasteiger partial charge in [0.25, 0.3) is 0 Å². The van der Waals surface area contributed by atoms with E-state index in [1.165, 1.54) is 31.2 Å². The lowest BCUT2D eigenvalue weighted by atomic mass is 10.3. The molecular weight excluding hydrogens is 539 g/mol. The predicted octanol–water partition coefficient (Wildman–Crippen LogP) is 2.98. The number of sulfone groups is 2. The summed E-state index contributed by atoms with van der Waals surface area (Å²) >= 11 is 17.8. The van der Waals surface area contributed by atoms with Crippen LogP contribution in [0.4, 0.5) is 0 Å². The quantitative estimate of drug-likeness (QED) is 0.379. The molecule has 0 aromatic heterocycles. The van der Waals surface area contributed by atoms with Crippen molar-refractivity contribution in [2.75, 3.05) is 30.6 Å². The molecule has 0 amide bonds. The van der Waals surface area contributed by atoms with Gasteiger partial charge < -0.3 is 19.7 Å². The maximum absolute atomic E-state index is 13.0. The molecular formula is C20H23Cl3O8S2. The zero-order valence-corrected chi connectivity index (χ0v) is 21.3. The largest absolute Gasteiger partial charge is 0.491 e. The van der Waals surface area contributed by atoms with Gasteiger partial charge in [-0.15, -0.1) is 11.6 Å². The Balaban J connectivity index is 2.17. The van der Waals surface area contributed by atoms with Crippen molar-refractivity contribution in [3.63, 3.8) is 0 Å². The average Bonchev–Trinajstić information content (AvgIpc) is 2.76. The number of hydrogen-bond acceptors (Lipinski definition) is 8. The summed E-state index contributed by atoms with van der Waals surface area (Å²) in [6.45, 7) is 1.02. The molecule has 0 aliphatic heterocycles. The predicted molar refractivity (Wildman–Crippen MR) is 126 cm³/mol. The molecule has 0 saturated carbocycles. The van der Waals surface area contributed by atoms with Crippen molar-refractivity contribution in [3.05, 3.63) is 46.4 Å². The molecule has 8 nitrogen and oxygen atoms in total. The Bertz CT molecular complexity index is 1130. The summed E-state index contributed by atoms with van der Waals surface area (Å²) in [6.07, 6.45) is -2.16. The fourth-order valence-corrected chi connectivity index (χ4v) is 5.60. The average molecular weight is 562 g/mol. The van der Waals surface area contributed by atoms with Crippen LogP contribution in [-0.2, 0) is 19.7 Å². The Kier molecular flexibility index (Phi) is 10.1. The molecule has 13 heteroatoms. The summed E-state index contributed by atoms with van der Waals surface area (Å²) in [6, 6.07) is 7.81. The third-order valence-corrected chi connectivity index (χ3v) is 8.78. The SMILES string of the molecule is CCS(=O)(=O)C[C@H](O)COc1c(Cl)cc(S(=O)(=O)c2ccc(OC[C@@H](O)CCl)cc2)cc1Cl. The first-order valence-electron chi connectivity index (χ1n) is 9.62. The van der Waals surface area contributed by atoms with Gasteiger partial charge in [0.2, 0.25) is 9.84 Å². The lowest BCUT2D eigenvalue weighted by Crippen LogP contribution is -2.28. The first kappa shape index (κ1) is 28.0. The number of rotatable bonds is 12. The van der Waals surface area contributed by atoms with Crippen LogP contribution >= 0.6 is 34.8 Å². The van der Waals surface area contributed by atoms with Crippen LogP contribution in [0.1, 0.15) is 6.92 Å². The molecule has 0 radical (unpaired) electrons. The topological polar surface area (TPSA) is 127 Å². The Morgan fingerprint density at radius 1 is 0.879 bits per heavy atom. The van der Waals surface area contributed by atoms with Gasteiger partial charge in [-0.1, -0.05) is 30.1 Å². The van der Waals surface area contributed by atoms with Gasteiger partial charge in [-0.05, 0) is 36.4 Å². The van der Waals surface area contributed by atoms with Crippen LogP contribution in [0.25, 0.3) is 0 Å². The molecule has 2 rings (SSSR count). The van der Waals surface area contributed by atoms with Crippen molar-refractivity contribution >= 4 is 54.5 Å². The molecule has 0 aliphatic carbocycles. The summed E-state index contributed by atoms with van der Waals surface area (Å²) in [5.41, 5.74) is 0. The van der Waals surface area contributed by atoms with Crippen molar-refractivity contribution < 1.29 is 36.5 Å². The van der Waals surface area contributed by atoms with Crippen LogP contribution in [-0.4, -0.2) is 69.9 Å². The number of ether oxygens (including phenoxy) is 2. The highest BCUT2D eigenvalue weighted by atomic mass is 35.5. The number of benzene rings is 2. The molecule has 0 aliphatic rings. The van der Waals surface area contributed by atoms with E-state index in [-0.39, 0.29) is 43.8 Å². The molecule has 0 spiro atoms. The number of hydrogen-bond donors (Lipinski definition) is 2. The molecule has 0 unspecified atom stereocenters. The van der Waals surface area contributed by atoms with Crippen molar-refractivity contribution in [2.24, 2.45) is 0 Å². The number of aliphatic hydroxyl groups is 2. The minimum Gasteiger partial charge on any atom is -0.491 e. The molecule has 0 bridgehead atoms. The van der Waals surface area contributed by atoms with Gasteiger partial charge >= 0.3 is 0 Å². The van der Waals surface area contributed by atoms with Gasteiger partial charge in [0, 0.05) is 5.75 Å². The van der Waals surface area contributed by atoms with E-state index in [1.54, 1.807) is 0 Å². The van der Waals surface area contributed by atoms with E-state index in [9.17, 15) is 27.0 Å². The highest BCUT2D eigenvalue weighted by Gasteiger charge is 2.23. The van der Waals surface area contributed by atoms with E-state index in [0.29, 0.717) is 5.75 Å². The fraction of sp³-hybridized carbons (Fsp3) is 0.400. The Labute approximate surface area is 207 Å². The zero-order valence-electron chi connectivity index (χ0n) is 17.4. The highest BCUT2D eigenvalue weighted by molar-refractivity contribution is 7.91. The molecule has 2 aromatic rings. The lowest BCUT2D eigenvalue weighted by molar-refractivity contribution is 0.125. The summed E-state index contributed by atoms with van der Waals surface area (Å²) in [7, 11) is -7.41. The first-order chi connectivity index (χ1) is 15.4. The normalized spacial score (nSPS) is 14.0. The highest BCUT2D eigenvalue weighted by Crippen LogP contribution is 2.37. The molecule has 184 valence electrons. The summed E-state index contributed by atoms with van der Waals surface area (Å²) < 4.78 is 59.8. The second-order valence-corrected chi connectivity index (χ2v) is 12.4. The van der Waals surface area contributed by atoms with Crippen molar-refractivity contribution in [2.45, 2.75) is 28.9 Å². The Hall–Kier alpha value is -1.27. The minimum absolute atomic E-state index is 0.00446. The Morgan fingerprint density at radius 3 is 1.94 bits per heavy atom.